The van der Waals surface area contributed by atoms with E-state index in [1.165, 1.54) is 6.20 Å². The predicted molar refractivity (Wildman–Crippen MR) is 70.5 cm³/mol. The Morgan fingerprint density at radius 3 is 2.50 bits per heavy atom. The Morgan fingerprint density at radius 2 is 1.83 bits per heavy atom. The molecule has 2 nitrogen and oxygen atoms in total. The third-order valence-corrected chi connectivity index (χ3v) is 3.34. The molecule has 1 fully saturated rings. The van der Waals surface area contributed by atoms with Crippen LogP contribution in [-0.4, -0.2) is 11.6 Å². The molecule has 0 radical (unpaired) electrons. The summed E-state index contributed by atoms with van der Waals surface area (Å²) in [6.07, 6.45) is 6.60. The van der Waals surface area contributed by atoms with E-state index in [1.54, 1.807) is 6.08 Å². The zero-order chi connectivity index (χ0) is 12.8. The molecule has 3 heteroatoms. The van der Waals surface area contributed by atoms with Gasteiger partial charge in [0.05, 0.1) is 0 Å². The van der Waals surface area contributed by atoms with Gasteiger partial charge in [0, 0.05) is 6.20 Å². The minimum atomic E-state index is -1.67. The van der Waals surface area contributed by atoms with Crippen molar-refractivity contribution >= 4 is 12.0 Å². The van der Waals surface area contributed by atoms with Crippen LogP contribution in [0.3, 0.4) is 0 Å². The number of nitrogens with one attached hydrogen (secondary N) is 1. The lowest BCUT2D eigenvalue weighted by Gasteiger charge is -2.27. The molecule has 1 aromatic carbocycles. The van der Waals surface area contributed by atoms with E-state index < -0.39 is 11.6 Å². The average molecular weight is 247 g/mol. The van der Waals surface area contributed by atoms with Crippen molar-refractivity contribution in [3.05, 3.63) is 42.1 Å². The summed E-state index contributed by atoms with van der Waals surface area (Å²) in [6.45, 7) is 0. The van der Waals surface area contributed by atoms with Crippen molar-refractivity contribution in [1.29, 1.82) is 0 Å². The number of halogens is 1. The molecule has 1 aromatic rings. The van der Waals surface area contributed by atoms with Crippen LogP contribution in [0.15, 0.2) is 36.5 Å². The van der Waals surface area contributed by atoms with Gasteiger partial charge >= 0.3 is 0 Å². The van der Waals surface area contributed by atoms with E-state index in [0.29, 0.717) is 12.8 Å². The van der Waals surface area contributed by atoms with Gasteiger partial charge in [-0.2, -0.15) is 0 Å². The summed E-state index contributed by atoms with van der Waals surface area (Å²) < 4.78 is 14.2. The fourth-order valence-corrected chi connectivity index (χ4v) is 2.25. The van der Waals surface area contributed by atoms with Crippen LogP contribution in [0.4, 0.5) is 4.39 Å². The summed E-state index contributed by atoms with van der Waals surface area (Å²) in [5.74, 6) is -0.505. The Morgan fingerprint density at radius 1 is 1.17 bits per heavy atom. The molecule has 0 saturated heterocycles. The normalized spacial score (nSPS) is 18.7. The van der Waals surface area contributed by atoms with Gasteiger partial charge in [-0.15, -0.1) is 0 Å². The van der Waals surface area contributed by atoms with Crippen LogP contribution < -0.4 is 5.32 Å². The van der Waals surface area contributed by atoms with E-state index in [9.17, 15) is 9.18 Å². The van der Waals surface area contributed by atoms with Crippen LogP contribution in [-0.2, 0) is 4.79 Å². The summed E-state index contributed by atoms with van der Waals surface area (Å²) in [7, 11) is 0. The number of carbonyl (C=O) groups excluding carboxylic acids is 1. The van der Waals surface area contributed by atoms with Gasteiger partial charge in [-0.25, -0.2) is 4.39 Å². The number of rotatable bonds is 3. The first kappa shape index (κ1) is 12.8. The number of hydrogen-bond donors (Lipinski definition) is 1. The molecular weight excluding hydrogens is 229 g/mol. The Kier molecular flexibility index (Phi) is 4.13. The molecule has 0 unspecified atom stereocenters. The molecule has 1 aliphatic rings. The van der Waals surface area contributed by atoms with Crippen LogP contribution in [0.2, 0.25) is 0 Å². The fraction of sp³-hybridized carbons (Fsp3) is 0.400. The lowest BCUT2D eigenvalue weighted by Crippen LogP contribution is -2.42. The highest BCUT2D eigenvalue weighted by atomic mass is 19.1. The first-order valence-corrected chi connectivity index (χ1v) is 6.42. The lowest BCUT2D eigenvalue weighted by atomic mass is 9.86. The van der Waals surface area contributed by atoms with Crippen LogP contribution in [0.25, 0.3) is 6.08 Å². The highest BCUT2D eigenvalue weighted by Gasteiger charge is 2.38. The molecule has 0 atom stereocenters. The number of carbonyl (C=O) groups is 1. The van der Waals surface area contributed by atoms with Gasteiger partial charge in [0.15, 0.2) is 5.67 Å². The van der Waals surface area contributed by atoms with Gasteiger partial charge < -0.3 is 5.32 Å². The SMILES string of the molecule is O=C(NC=Cc1ccccc1)C1(F)CCCCC1. The molecule has 1 amide bonds. The lowest BCUT2D eigenvalue weighted by molar-refractivity contribution is -0.133. The fourth-order valence-electron chi connectivity index (χ4n) is 2.25. The highest BCUT2D eigenvalue weighted by Crippen LogP contribution is 2.31. The standard InChI is InChI=1S/C15H18FNO/c16-15(10-5-2-6-11-15)14(18)17-12-9-13-7-3-1-4-8-13/h1,3-4,7-9,12H,2,5-6,10-11H2,(H,17,18). The number of hydrogen-bond acceptors (Lipinski definition) is 1. The minimum Gasteiger partial charge on any atom is -0.330 e. The highest BCUT2D eigenvalue weighted by molar-refractivity contribution is 5.86. The van der Waals surface area contributed by atoms with Crippen molar-refractivity contribution in [3.8, 4) is 0 Å². The quantitative estimate of drug-likeness (QED) is 0.871. The first-order valence-electron chi connectivity index (χ1n) is 6.42. The second kappa shape index (κ2) is 5.80. The topological polar surface area (TPSA) is 29.1 Å². The van der Waals surface area contributed by atoms with E-state index in [0.717, 1.165) is 24.8 Å². The van der Waals surface area contributed by atoms with Crippen molar-refractivity contribution in [3.63, 3.8) is 0 Å². The van der Waals surface area contributed by atoms with E-state index in [2.05, 4.69) is 5.32 Å². The van der Waals surface area contributed by atoms with Crippen LogP contribution >= 0.6 is 0 Å². The number of benzene rings is 1. The van der Waals surface area contributed by atoms with Gasteiger partial charge in [0.1, 0.15) is 0 Å². The van der Waals surface area contributed by atoms with E-state index in [-0.39, 0.29) is 0 Å². The van der Waals surface area contributed by atoms with Crippen molar-refractivity contribution in [2.45, 2.75) is 37.8 Å². The largest absolute Gasteiger partial charge is 0.330 e. The maximum atomic E-state index is 14.2. The smallest absolute Gasteiger partial charge is 0.261 e. The van der Waals surface area contributed by atoms with Crippen molar-refractivity contribution in [2.24, 2.45) is 0 Å². The minimum absolute atomic E-state index is 0.345. The summed E-state index contributed by atoms with van der Waals surface area (Å²) in [5, 5.41) is 2.55. The molecular formula is C15H18FNO. The second-order valence-corrected chi connectivity index (χ2v) is 4.74. The van der Waals surface area contributed by atoms with Crippen molar-refractivity contribution < 1.29 is 9.18 Å². The first-order chi connectivity index (χ1) is 8.71. The van der Waals surface area contributed by atoms with Gasteiger partial charge in [-0.05, 0) is 37.3 Å². The maximum absolute atomic E-state index is 14.2. The molecule has 0 heterocycles. The molecule has 18 heavy (non-hydrogen) atoms. The number of amides is 1. The Balaban J connectivity index is 1.90. The van der Waals surface area contributed by atoms with Crippen LogP contribution in [0.1, 0.15) is 37.7 Å². The molecule has 1 aliphatic carbocycles. The monoisotopic (exact) mass is 247 g/mol. The van der Waals surface area contributed by atoms with E-state index in [4.69, 9.17) is 0 Å². The molecule has 0 spiro atoms. The Bertz CT molecular complexity index is 421. The van der Waals surface area contributed by atoms with Crippen molar-refractivity contribution in [1.82, 2.24) is 5.32 Å². The van der Waals surface area contributed by atoms with E-state index in [1.807, 2.05) is 30.3 Å². The van der Waals surface area contributed by atoms with Crippen molar-refractivity contribution in [2.75, 3.05) is 0 Å². The molecule has 2 rings (SSSR count). The zero-order valence-corrected chi connectivity index (χ0v) is 10.4. The van der Waals surface area contributed by atoms with Gasteiger partial charge in [0.25, 0.3) is 5.91 Å². The molecule has 0 aliphatic heterocycles. The van der Waals surface area contributed by atoms with Gasteiger partial charge in [-0.1, -0.05) is 36.8 Å². The molecule has 1 saturated carbocycles. The number of alkyl halides is 1. The predicted octanol–water partition coefficient (Wildman–Crippen LogP) is 3.45. The molecule has 96 valence electrons. The Hall–Kier alpha value is -1.64. The average Bonchev–Trinajstić information content (AvgIpc) is 2.41. The molecule has 0 bridgehead atoms. The molecule has 0 aromatic heterocycles. The Labute approximate surface area is 107 Å². The second-order valence-electron chi connectivity index (χ2n) is 4.74. The van der Waals surface area contributed by atoms with Gasteiger partial charge in [-0.3, -0.25) is 4.79 Å². The van der Waals surface area contributed by atoms with Gasteiger partial charge in [0.2, 0.25) is 0 Å². The van der Waals surface area contributed by atoms with Crippen LogP contribution in [0.5, 0.6) is 0 Å². The zero-order valence-electron chi connectivity index (χ0n) is 10.4. The van der Waals surface area contributed by atoms with E-state index >= 15 is 0 Å². The maximum Gasteiger partial charge on any atom is 0.261 e. The summed E-state index contributed by atoms with van der Waals surface area (Å²) in [6, 6.07) is 9.61. The third-order valence-electron chi connectivity index (χ3n) is 3.34. The summed E-state index contributed by atoms with van der Waals surface area (Å²) in [4.78, 5) is 11.8. The molecule has 1 N–H and O–H groups in total. The summed E-state index contributed by atoms with van der Waals surface area (Å²) >= 11 is 0. The third kappa shape index (κ3) is 3.19. The van der Waals surface area contributed by atoms with Crippen LogP contribution in [0, 0.1) is 0 Å². The summed E-state index contributed by atoms with van der Waals surface area (Å²) in [5.41, 5.74) is -0.687.